The number of hydrogen-bond acceptors (Lipinski definition) is 2. The highest BCUT2D eigenvalue weighted by Crippen LogP contribution is 2.27. The minimum atomic E-state index is -0.779. The predicted octanol–water partition coefficient (Wildman–Crippen LogP) is 3.82. The first-order chi connectivity index (χ1) is 11.1. The van der Waals surface area contributed by atoms with Crippen LogP contribution in [-0.4, -0.2) is 34.5 Å². The average molecular weight is 317 g/mol. The van der Waals surface area contributed by atoms with Gasteiger partial charge in [-0.05, 0) is 43.6 Å². The Morgan fingerprint density at radius 2 is 2.00 bits per heavy atom. The molecule has 0 bridgehead atoms. The van der Waals surface area contributed by atoms with Crippen molar-refractivity contribution in [3.05, 3.63) is 35.9 Å². The van der Waals surface area contributed by atoms with Gasteiger partial charge in [-0.2, -0.15) is 0 Å². The lowest BCUT2D eigenvalue weighted by Gasteiger charge is -2.36. The molecule has 2 atom stereocenters. The maximum absolute atomic E-state index is 12.8. The van der Waals surface area contributed by atoms with E-state index in [4.69, 9.17) is 5.11 Å². The van der Waals surface area contributed by atoms with E-state index < -0.39 is 5.97 Å². The molecule has 4 nitrogen and oxygen atoms in total. The van der Waals surface area contributed by atoms with Crippen LogP contribution in [0.25, 0.3) is 0 Å². The molecule has 0 spiro atoms. The fraction of sp³-hybridized carbons (Fsp3) is 0.579. The number of carbonyl (C=O) groups is 2. The minimum absolute atomic E-state index is 0.0978. The van der Waals surface area contributed by atoms with E-state index in [2.05, 4.69) is 19.1 Å². The molecule has 4 heteroatoms. The fourth-order valence-corrected chi connectivity index (χ4v) is 3.47. The van der Waals surface area contributed by atoms with Gasteiger partial charge < -0.3 is 10.0 Å². The summed E-state index contributed by atoms with van der Waals surface area (Å²) in [6.45, 7) is 2.89. The Labute approximate surface area is 138 Å². The zero-order valence-corrected chi connectivity index (χ0v) is 13.9. The Hall–Kier alpha value is -1.84. The smallest absolute Gasteiger partial charge is 0.303 e. The zero-order chi connectivity index (χ0) is 16.7. The molecule has 1 fully saturated rings. The van der Waals surface area contributed by atoms with Crippen LogP contribution in [0.5, 0.6) is 0 Å². The molecule has 2 unspecified atom stereocenters. The number of benzene rings is 1. The second kappa shape index (κ2) is 8.70. The highest BCUT2D eigenvalue weighted by atomic mass is 16.4. The zero-order valence-electron chi connectivity index (χ0n) is 13.9. The second-order valence-electron chi connectivity index (χ2n) is 6.39. The summed E-state index contributed by atoms with van der Waals surface area (Å²) in [6.07, 6.45) is 5.21. The molecule has 1 saturated heterocycles. The Balaban J connectivity index is 2.00. The van der Waals surface area contributed by atoms with Crippen molar-refractivity contribution < 1.29 is 14.7 Å². The van der Waals surface area contributed by atoms with Crippen LogP contribution in [0.4, 0.5) is 0 Å². The quantitative estimate of drug-likeness (QED) is 0.832. The molecule has 0 aliphatic carbocycles. The third kappa shape index (κ3) is 5.08. The molecule has 1 amide bonds. The van der Waals surface area contributed by atoms with Gasteiger partial charge in [0.1, 0.15) is 0 Å². The molecule has 0 aromatic heterocycles. The summed E-state index contributed by atoms with van der Waals surface area (Å²) < 4.78 is 0. The standard InChI is InChI=1S/C19H27NO3/c1-2-15(16-8-4-3-5-9-16)14-18(21)20-13-7-6-10-17(20)11-12-19(22)23/h3-5,8-9,15,17H,2,6-7,10-14H2,1H3,(H,22,23). The van der Waals surface area contributed by atoms with Crippen molar-refractivity contribution in [1.82, 2.24) is 4.90 Å². The monoisotopic (exact) mass is 317 g/mol. The van der Waals surface area contributed by atoms with Gasteiger partial charge in [-0.25, -0.2) is 0 Å². The summed E-state index contributed by atoms with van der Waals surface area (Å²) in [5.74, 6) is -0.361. The van der Waals surface area contributed by atoms with E-state index >= 15 is 0 Å². The molecule has 1 aromatic carbocycles. The van der Waals surface area contributed by atoms with Crippen LogP contribution >= 0.6 is 0 Å². The average Bonchev–Trinajstić information content (AvgIpc) is 2.58. The van der Waals surface area contributed by atoms with Gasteiger partial charge in [-0.1, -0.05) is 37.3 Å². The molecule has 126 valence electrons. The Kier molecular flexibility index (Phi) is 6.63. The SMILES string of the molecule is CCC(CC(=O)N1CCCCC1CCC(=O)O)c1ccccc1. The number of carbonyl (C=O) groups excluding carboxylic acids is 1. The van der Waals surface area contributed by atoms with Crippen molar-refractivity contribution in [1.29, 1.82) is 0 Å². The van der Waals surface area contributed by atoms with Crippen LogP contribution in [0.1, 0.15) is 63.4 Å². The van der Waals surface area contributed by atoms with E-state index in [-0.39, 0.29) is 24.3 Å². The summed E-state index contributed by atoms with van der Waals surface area (Å²) >= 11 is 0. The van der Waals surface area contributed by atoms with E-state index in [0.717, 1.165) is 32.2 Å². The van der Waals surface area contributed by atoms with Crippen LogP contribution < -0.4 is 0 Å². The lowest BCUT2D eigenvalue weighted by atomic mass is 9.91. The first-order valence-corrected chi connectivity index (χ1v) is 8.68. The van der Waals surface area contributed by atoms with Crippen molar-refractivity contribution in [2.24, 2.45) is 0 Å². The molecule has 0 radical (unpaired) electrons. The van der Waals surface area contributed by atoms with Gasteiger partial charge in [0.25, 0.3) is 0 Å². The van der Waals surface area contributed by atoms with Crippen LogP contribution in [0.15, 0.2) is 30.3 Å². The Morgan fingerprint density at radius 1 is 1.26 bits per heavy atom. The molecule has 1 aliphatic heterocycles. The minimum Gasteiger partial charge on any atom is -0.481 e. The Morgan fingerprint density at radius 3 is 2.65 bits per heavy atom. The first-order valence-electron chi connectivity index (χ1n) is 8.68. The van der Waals surface area contributed by atoms with E-state index in [0.29, 0.717) is 12.8 Å². The molecular formula is C19H27NO3. The fourth-order valence-electron chi connectivity index (χ4n) is 3.47. The predicted molar refractivity (Wildman–Crippen MR) is 90.3 cm³/mol. The highest BCUT2D eigenvalue weighted by molar-refractivity contribution is 5.77. The maximum atomic E-state index is 12.8. The maximum Gasteiger partial charge on any atom is 0.303 e. The van der Waals surface area contributed by atoms with Gasteiger partial charge in [0, 0.05) is 25.4 Å². The van der Waals surface area contributed by atoms with Crippen LogP contribution in [-0.2, 0) is 9.59 Å². The topological polar surface area (TPSA) is 57.6 Å². The summed E-state index contributed by atoms with van der Waals surface area (Å²) in [5.41, 5.74) is 1.21. The van der Waals surface area contributed by atoms with Gasteiger partial charge in [0.05, 0.1) is 0 Å². The third-order valence-corrected chi connectivity index (χ3v) is 4.82. The Bertz CT molecular complexity index is 515. The van der Waals surface area contributed by atoms with E-state index in [1.54, 1.807) is 0 Å². The molecular weight excluding hydrogens is 290 g/mol. The molecule has 1 heterocycles. The van der Waals surface area contributed by atoms with Gasteiger partial charge in [-0.3, -0.25) is 9.59 Å². The first kappa shape index (κ1) is 17.5. The molecule has 2 rings (SSSR count). The number of carboxylic acids is 1. The van der Waals surface area contributed by atoms with Crippen molar-refractivity contribution >= 4 is 11.9 Å². The van der Waals surface area contributed by atoms with E-state index in [1.165, 1.54) is 5.56 Å². The third-order valence-electron chi connectivity index (χ3n) is 4.82. The second-order valence-corrected chi connectivity index (χ2v) is 6.39. The normalized spacial score (nSPS) is 19.3. The summed E-state index contributed by atoms with van der Waals surface area (Å²) in [5, 5.41) is 8.90. The van der Waals surface area contributed by atoms with Gasteiger partial charge >= 0.3 is 5.97 Å². The van der Waals surface area contributed by atoms with Crippen LogP contribution in [0.2, 0.25) is 0 Å². The largest absolute Gasteiger partial charge is 0.481 e. The van der Waals surface area contributed by atoms with Gasteiger partial charge in [0.15, 0.2) is 0 Å². The molecule has 1 aliphatic rings. The summed E-state index contributed by atoms with van der Waals surface area (Å²) in [7, 11) is 0. The number of aliphatic carboxylic acids is 1. The summed E-state index contributed by atoms with van der Waals surface area (Å²) in [6, 6.07) is 10.3. The summed E-state index contributed by atoms with van der Waals surface area (Å²) in [4.78, 5) is 25.5. The van der Waals surface area contributed by atoms with Gasteiger partial charge in [0.2, 0.25) is 5.91 Å². The van der Waals surface area contributed by atoms with E-state index in [1.807, 2.05) is 23.1 Å². The van der Waals surface area contributed by atoms with E-state index in [9.17, 15) is 9.59 Å². The van der Waals surface area contributed by atoms with Crippen molar-refractivity contribution in [3.63, 3.8) is 0 Å². The number of likely N-dealkylation sites (tertiary alicyclic amines) is 1. The number of nitrogens with zero attached hydrogens (tertiary/aromatic N) is 1. The molecule has 1 N–H and O–H groups in total. The van der Waals surface area contributed by atoms with Crippen LogP contribution in [0.3, 0.4) is 0 Å². The van der Waals surface area contributed by atoms with Crippen molar-refractivity contribution in [2.75, 3.05) is 6.54 Å². The lowest BCUT2D eigenvalue weighted by Crippen LogP contribution is -2.44. The molecule has 0 saturated carbocycles. The number of rotatable bonds is 7. The van der Waals surface area contributed by atoms with Crippen LogP contribution in [0, 0.1) is 0 Å². The number of carboxylic acid groups (broad SMARTS) is 1. The van der Waals surface area contributed by atoms with Crippen molar-refractivity contribution in [2.45, 2.75) is 63.8 Å². The van der Waals surface area contributed by atoms with Crippen molar-refractivity contribution in [3.8, 4) is 0 Å². The molecule has 23 heavy (non-hydrogen) atoms. The van der Waals surface area contributed by atoms with Gasteiger partial charge in [-0.15, -0.1) is 0 Å². The lowest BCUT2D eigenvalue weighted by molar-refractivity contribution is -0.140. The number of piperidine rings is 1. The number of hydrogen-bond donors (Lipinski definition) is 1. The number of amides is 1. The molecule has 1 aromatic rings. The highest BCUT2D eigenvalue weighted by Gasteiger charge is 2.28.